The van der Waals surface area contributed by atoms with E-state index < -0.39 is 17.9 Å². The maximum atomic E-state index is 10.3. The third-order valence-corrected chi connectivity index (χ3v) is 3.97. The Morgan fingerprint density at radius 1 is 0.516 bits per heavy atom. The van der Waals surface area contributed by atoms with E-state index >= 15 is 0 Å². The summed E-state index contributed by atoms with van der Waals surface area (Å²) in [5, 5.41) is 30.8. The zero-order valence-corrected chi connectivity index (χ0v) is 21.2. The molecule has 0 aromatic carbocycles. The number of hydrogen-bond donors (Lipinski definition) is 0. The number of aliphatic carboxylic acids is 3. The van der Waals surface area contributed by atoms with Crippen molar-refractivity contribution in [2.45, 2.75) is 99.3 Å². The van der Waals surface area contributed by atoms with Crippen molar-refractivity contribution >= 4 is 17.9 Å². The molecule has 0 atom stereocenters. The van der Waals surface area contributed by atoms with Crippen LogP contribution in [0, 0.1) is 0 Å². The average Bonchev–Trinajstić information content (AvgIpc) is 2.70. The first kappa shape index (κ1) is 36.5. The Balaban J connectivity index is -0.000000174. The third-order valence-electron chi connectivity index (χ3n) is 3.97. The van der Waals surface area contributed by atoms with Gasteiger partial charge < -0.3 is 29.7 Å². The van der Waals surface area contributed by atoms with Crippen LogP contribution >= 0.6 is 0 Å². The van der Waals surface area contributed by atoms with E-state index in [0.29, 0.717) is 36.0 Å². The van der Waals surface area contributed by atoms with Gasteiger partial charge >= 0.3 is 17.4 Å². The largest absolute Gasteiger partial charge is 3.00 e. The fourth-order valence-electron chi connectivity index (χ4n) is 2.07. The molecule has 0 aromatic rings. The van der Waals surface area contributed by atoms with E-state index in [9.17, 15) is 29.7 Å². The zero-order valence-electron chi connectivity index (χ0n) is 20.0. The second kappa shape index (κ2) is 26.2. The van der Waals surface area contributed by atoms with Gasteiger partial charge in [0.2, 0.25) is 0 Å². The van der Waals surface area contributed by atoms with E-state index in [0.717, 1.165) is 38.5 Å². The number of carboxylic acid groups (broad SMARTS) is 3. The van der Waals surface area contributed by atoms with Gasteiger partial charge in [0.1, 0.15) is 0 Å². The molecule has 0 amide bonds. The molecule has 0 aliphatic heterocycles. The number of rotatable bonds is 12. The summed E-state index contributed by atoms with van der Waals surface area (Å²) in [6.45, 7) is 11.5. The number of allylic oxidation sites excluding steroid dienone is 3. The Kier molecular flexibility index (Phi) is 30.9. The van der Waals surface area contributed by atoms with E-state index in [1.807, 2.05) is 41.5 Å². The van der Waals surface area contributed by atoms with Crippen LogP contribution in [0.5, 0.6) is 0 Å². The first-order chi connectivity index (χ1) is 14.2. The molecule has 6 nitrogen and oxygen atoms in total. The first-order valence-corrected chi connectivity index (χ1v) is 10.9. The predicted octanol–water partition coefficient (Wildman–Crippen LogP) is 2.62. The van der Waals surface area contributed by atoms with Crippen molar-refractivity contribution in [3.05, 3.63) is 34.9 Å². The van der Waals surface area contributed by atoms with Crippen molar-refractivity contribution in [2.75, 3.05) is 0 Å². The van der Waals surface area contributed by atoms with Crippen LogP contribution in [0.3, 0.4) is 0 Å². The van der Waals surface area contributed by atoms with E-state index in [4.69, 9.17) is 0 Å². The summed E-state index contributed by atoms with van der Waals surface area (Å²) >= 11 is 0. The van der Waals surface area contributed by atoms with Gasteiger partial charge in [0, 0.05) is 0 Å². The van der Waals surface area contributed by atoms with Crippen molar-refractivity contribution in [3.8, 4) is 0 Å². The number of carbonyl (C=O) groups excluding carboxylic acids is 3. The van der Waals surface area contributed by atoms with Crippen molar-refractivity contribution < 1.29 is 47.1 Å². The van der Waals surface area contributed by atoms with Gasteiger partial charge in [-0.3, -0.25) is 0 Å². The SMILES string of the molecule is CCCC=C(CC)C(=O)[O-].CCCC=C(CC)C(=O)[O-].CCCC=C(CC)C(=O)[O-].[Cr+3]. The summed E-state index contributed by atoms with van der Waals surface area (Å²) in [5.41, 5.74) is 1.26. The molecule has 0 bridgehead atoms. The molecule has 1 radical (unpaired) electrons. The smallest absolute Gasteiger partial charge is 0.545 e. The zero-order chi connectivity index (χ0) is 23.9. The van der Waals surface area contributed by atoms with Gasteiger partial charge in [0.25, 0.3) is 0 Å². The van der Waals surface area contributed by atoms with Gasteiger partial charge in [-0.2, -0.15) is 0 Å². The number of unbranched alkanes of at least 4 members (excludes halogenated alkanes) is 3. The molecule has 0 aliphatic carbocycles. The monoisotopic (exact) mass is 475 g/mol. The quantitative estimate of drug-likeness (QED) is 0.400. The molecule has 0 aromatic heterocycles. The van der Waals surface area contributed by atoms with Crippen LogP contribution in [0.4, 0.5) is 0 Å². The van der Waals surface area contributed by atoms with Gasteiger partial charge in [0.15, 0.2) is 0 Å². The molecule has 0 rings (SSSR count). The van der Waals surface area contributed by atoms with Crippen LogP contribution in [-0.2, 0) is 31.7 Å². The van der Waals surface area contributed by atoms with Crippen LogP contribution in [0.15, 0.2) is 34.9 Å². The minimum absolute atomic E-state index is 0. The first-order valence-electron chi connectivity index (χ1n) is 10.9. The standard InChI is InChI=1S/3C8H14O2.Cr/c3*1-3-5-6-7(4-2)8(9)10;/h3*6H,3-5H2,1-2H3,(H,9,10);/q;;;+3/p-3. The maximum absolute atomic E-state index is 10.3. The van der Waals surface area contributed by atoms with Crippen molar-refractivity contribution in [1.29, 1.82) is 0 Å². The molecule has 0 aliphatic rings. The van der Waals surface area contributed by atoms with Crippen LogP contribution < -0.4 is 15.3 Å². The van der Waals surface area contributed by atoms with E-state index in [1.165, 1.54) is 0 Å². The normalized spacial score (nSPS) is 11.2. The topological polar surface area (TPSA) is 120 Å². The molecule has 0 saturated carbocycles. The van der Waals surface area contributed by atoms with Gasteiger partial charge in [-0.15, -0.1) is 0 Å². The molecule has 177 valence electrons. The van der Waals surface area contributed by atoms with E-state index in [1.54, 1.807) is 18.2 Å². The molecule has 0 N–H and O–H groups in total. The Morgan fingerprint density at radius 3 is 0.806 bits per heavy atom. The van der Waals surface area contributed by atoms with Gasteiger partial charge in [-0.05, 0) is 55.2 Å². The number of hydrogen-bond acceptors (Lipinski definition) is 6. The number of carboxylic acids is 3. The van der Waals surface area contributed by atoms with Crippen molar-refractivity contribution in [1.82, 2.24) is 0 Å². The summed E-state index contributed by atoms with van der Waals surface area (Å²) in [5.74, 6) is -3.09. The van der Waals surface area contributed by atoms with Gasteiger partial charge in [0.05, 0.1) is 17.9 Å². The molecule has 31 heavy (non-hydrogen) atoms. The fourth-order valence-corrected chi connectivity index (χ4v) is 2.07. The molecular formula is C24H39CrO6. The average molecular weight is 476 g/mol. The van der Waals surface area contributed by atoms with E-state index in [2.05, 4.69) is 0 Å². The Morgan fingerprint density at radius 2 is 0.710 bits per heavy atom. The molecule has 0 heterocycles. The molecule has 0 saturated heterocycles. The fraction of sp³-hybridized carbons (Fsp3) is 0.625. The molecular weight excluding hydrogens is 436 g/mol. The Hall–Kier alpha value is -1.84. The summed E-state index contributed by atoms with van der Waals surface area (Å²) in [7, 11) is 0. The Bertz CT molecular complexity index is 496. The second-order valence-electron chi connectivity index (χ2n) is 6.48. The third kappa shape index (κ3) is 24.3. The summed E-state index contributed by atoms with van der Waals surface area (Å²) in [4.78, 5) is 30.8. The molecule has 0 fully saturated rings. The van der Waals surface area contributed by atoms with Crippen LogP contribution in [0.1, 0.15) is 99.3 Å². The maximum Gasteiger partial charge on any atom is 3.00 e. The Labute approximate surface area is 199 Å². The molecule has 7 heteroatoms. The predicted molar refractivity (Wildman–Crippen MR) is 115 cm³/mol. The minimum atomic E-state index is -1.03. The van der Waals surface area contributed by atoms with Gasteiger partial charge in [-0.1, -0.05) is 79.0 Å². The van der Waals surface area contributed by atoms with Crippen molar-refractivity contribution in [3.63, 3.8) is 0 Å². The van der Waals surface area contributed by atoms with Crippen molar-refractivity contribution in [2.24, 2.45) is 0 Å². The molecule has 0 unspecified atom stereocenters. The summed E-state index contributed by atoms with van der Waals surface area (Å²) < 4.78 is 0. The number of carbonyl (C=O) groups is 3. The van der Waals surface area contributed by atoms with Crippen LogP contribution in [0.2, 0.25) is 0 Å². The second-order valence-corrected chi connectivity index (χ2v) is 6.48. The van der Waals surface area contributed by atoms with Gasteiger partial charge in [-0.25, -0.2) is 0 Å². The van der Waals surface area contributed by atoms with Crippen LogP contribution in [0.25, 0.3) is 0 Å². The molecule has 0 spiro atoms. The minimum Gasteiger partial charge on any atom is -0.545 e. The summed E-state index contributed by atoms with van der Waals surface area (Å²) in [6, 6.07) is 0. The van der Waals surface area contributed by atoms with E-state index in [-0.39, 0.29) is 17.4 Å². The van der Waals surface area contributed by atoms with Crippen LogP contribution in [-0.4, -0.2) is 17.9 Å². The summed E-state index contributed by atoms with van der Waals surface area (Å²) in [6.07, 6.45) is 12.3.